The number of anilines is 1. The first-order valence-corrected chi connectivity index (χ1v) is 9.45. The number of rotatable bonds is 2. The van der Waals surface area contributed by atoms with Crippen molar-refractivity contribution in [1.82, 2.24) is 0 Å². The third kappa shape index (κ3) is 2.36. The Morgan fingerprint density at radius 1 is 1.14 bits per heavy atom. The first-order chi connectivity index (χ1) is 10.3. The third-order valence-corrected chi connectivity index (χ3v) is 7.06. The second-order valence-electron chi connectivity index (χ2n) is 5.85. The highest BCUT2D eigenvalue weighted by Crippen LogP contribution is 2.37. The monoisotopic (exact) mass is 379 g/mol. The van der Waals surface area contributed by atoms with Gasteiger partial charge in [0, 0.05) is 10.5 Å². The summed E-state index contributed by atoms with van der Waals surface area (Å²) in [5.74, 6) is 0. The zero-order chi connectivity index (χ0) is 16.1. The van der Waals surface area contributed by atoms with Gasteiger partial charge in [-0.3, -0.25) is 4.31 Å². The van der Waals surface area contributed by atoms with Gasteiger partial charge in [0.15, 0.2) is 0 Å². The van der Waals surface area contributed by atoms with Crippen LogP contribution in [0.1, 0.15) is 23.6 Å². The van der Waals surface area contributed by atoms with Crippen molar-refractivity contribution in [3.8, 4) is 0 Å². The van der Waals surface area contributed by atoms with Crippen molar-refractivity contribution in [3.63, 3.8) is 0 Å². The molecule has 116 valence electrons. The Morgan fingerprint density at radius 2 is 1.82 bits per heavy atom. The molecule has 1 aliphatic rings. The molecule has 0 aromatic heterocycles. The molecule has 1 heterocycles. The summed E-state index contributed by atoms with van der Waals surface area (Å²) in [5, 5.41) is 0. The molecule has 0 N–H and O–H groups in total. The minimum Gasteiger partial charge on any atom is -0.263 e. The summed E-state index contributed by atoms with van der Waals surface area (Å²) < 4.78 is 28.9. The Morgan fingerprint density at radius 3 is 2.55 bits per heavy atom. The van der Waals surface area contributed by atoms with E-state index in [1.165, 1.54) is 0 Å². The quantitative estimate of drug-likeness (QED) is 0.783. The highest BCUT2D eigenvalue weighted by atomic mass is 79.9. The molecule has 3 rings (SSSR count). The molecule has 1 aliphatic heterocycles. The molecule has 5 heteroatoms. The highest BCUT2D eigenvalue weighted by Gasteiger charge is 2.36. The van der Waals surface area contributed by atoms with Gasteiger partial charge in [-0.15, -0.1) is 0 Å². The maximum Gasteiger partial charge on any atom is 0.264 e. The van der Waals surface area contributed by atoms with Gasteiger partial charge in [0.05, 0.1) is 10.6 Å². The Labute approximate surface area is 140 Å². The van der Waals surface area contributed by atoms with Crippen molar-refractivity contribution in [2.75, 3.05) is 4.31 Å². The van der Waals surface area contributed by atoms with Gasteiger partial charge in [-0.1, -0.05) is 34.1 Å². The largest absolute Gasteiger partial charge is 0.264 e. The van der Waals surface area contributed by atoms with Crippen LogP contribution in [0.15, 0.2) is 45.8 Å². The van der Waals surface area contributed by atoms with Crippen molar-refractivity contribution in [1.29, 1.82) is 0 Å². The van der Waals surface area contributed by atoms with Crippen molar-refractivity contribution >= 4 is 31.6 Å². The molecule has 2 aromatic carbocycles. The molecule has 0 spiro atoms. The van der Waals surface area contributed by atoms with Crippen LogP contribution in [0.5, 0.6) is 0 Å². The van der Waals surface area contributed by atoms with Crippen molar-refractivity contribution in [3.05, 3.63) is 57.6 Å². The number of hydrogen-bond donors (Lipinski definition) is 0. The van der Waals surface area contributed by atoms with E-state index in [0.717, 1.165) is 33.3 Å². The maximum atomic E-state index is 13.2. The fourth-order valence-electron chi connectivity index (χ4n) is 3.04. The van der Waals surface area contributed by atoms with E-state index in [4.69, 9.17) is 0 Å². The lowest BCUT2D eigenvalue weighted by atomic mass is 10.1. The SMILES string of the molecule is Cc1cc(S(=O)(=O)N2c3ccccc3C[C@H]2C)c(C)cc1Br. The van der Waals surface area contributed by atoms with Gasteiger partial charge < -0.3 is 0 Å². The Kier molecular flexibility index (Phi) is 3.81. The van der Waals surface area contributed by atoms with Crippen LogP contribution < -0.4 is 4.31 Å². The lowest BCUT2D eigenvalue weighted by Gasteiger charge is -2.25. The van der Waals surface area contributed by atoms with Gasteiger partial charge in [0.25, 0.3) is 10.0 Å². The van der Waals surface area contributed by atoms with E-state index in [-0.39, 0.29) is 6.04 Å². The zero-order valence-electron chi connectivity index (χ0n) is 12.8. The second-order valence-corrected chi connectivity index (χ2v) is 8.49. The molecule has 0 saturated carbocycles. The molecule has 0 saturated heterocycles. The van der Waals surface area contributed by atoms with E-state index in [2.05, 4.69) is 15.9 Å². The number of aryl methyl sites for hydroxylation is 2. The number of nitrogens with zero attached hydrogens (tertiary/aromatic N) is 1. The molecule has 0 fully saturated rings. The fourth-order valence-corrected chi connectivity index (χ4v) is 5.49. The van der Waals surface area contributed by atoms with Crippen LogP contribution in [0.25, 0.3) is 0 Å². The number of para-hydroxylation sites is 1. The average molecular weight is 380 g/mol. The molecule has 1 atom stereocenters. The van der Waals surface area contributed by atoms with Crippen LogP contribution in [-0.2, 0) is 16.4 Å². The molecule has 0 radical (unpaired) electrons. The Balaban J connectivity index is 2.17. The molecule has 22 heavy (non-hydrogen) atoms. The van der Waals surface area contributed by atoms with E-state index >= 15 is 0 Å². The van der Waals surface area contributed by atoms with Crippen LogP contribution in [0, 0.1) is 13.8 Å². The lowest BCUT2D eigenvalue weighted by Crippen LogP contribution is -2.36. The molecule has 2 aromatic rings. The smallest absolute Gasteiger partial charge is 0.263 e. The van der Waals surface area contributed by atoms with Crippen LogP contribution in [0.4, 0.5) is 5.69 Å². The summed E-state index contributed by atoms with van der Waals surface area (Å²) in [6.07, 6.45) is 0.754. The topological polar surface area (TPSA) is 37.4 Å². The van der Waals surface area contributed by atoms with Gasteiger partial charge in [-0.2, -0.15) is 0 Å². The molecule has 3 nitrogen and oxygen atoms in total. The highest BCUT2D eigenvalue weighted by molar-refractivity contribution is 9.10. The van der Waals surface area contributed by atoms with Crippen molar-refractivity contribution in [2.24, 2.45) is 0 Å². The summed E-state index contributed by atoms with van der Waals surface area (Å²) in [6.45, 7) is 5.70. The first-order valence-electron chi connectivity index (χ1n) is 7.21. The molecule has 0 aliphatic carbocycles. The van der Waals surface area contributed by atoms with Crippen LogP contribution >= 0.6 is 15.9 Å². The normalized spacial score (nSPS) is 17.6. The summed E-state index contributed by atoms with van der Waals surface area (Å²) in [6, 6.07) is 11.3. The number of halogens is 1. The van der Waals surface area contributed by atoms with Gasteiger partial charge in [0.2, 0.25) is 0 Å². The fraction of sp³-hybridized carbons (Fsp3) is 0.294. The molecule has 0 bridgehead atoms. The van der Waals surface area contributed by atoms with Crippen molar-refractivity contribution < 1.29 is 8.42 Å². The lowest BCUT2D eigenvalue weighted by molar-refractivity contribution is 0.583. The maximum absolute atomic E-state index is 13.2. The summed E-state index contributed by atoms with van der Waals surface area (Å²) in [4.78, 5) is 0.386. The number of fused-ring (bicyclic) bond motifs is 1. The van der Waals surface area contributed by atoms with Crippen LogP contribution in [-0.4, -0.2) is 14.5 Å². The van der Waals surface area contributed by atoms with E-state index in [1.54, 1.807) is 10.4 Å². The third-order valence-electron chi connectivity index (χ3n) is 4.14. The summed E-state index contributed by atoms with van der Waals surface area (Å²) in [7, 11) is -3.56. The molecule has 0 unspecified atom stereocenters. The first kappa shape index (κ1) is 15.6. The average Bonchev–Trinajstić information content (AvgIpc) is 2.79. The van der Waals surface area contributed by atoms with Gasteiger partial charge in [-0.05, 0) is 62.1 Å². The Bertz CT molecular complexity index is 846. The van der Waals surface area contributed by atoms with E-state index in [0.29, 0.717) is 4.90 Å². The summed E-state index contributed by atoms with van der Waals surface area (Å²) in [5.41, 5.74) is 3.57. The van der Waals surface area contributed by atoms with E-state index < -0.39 is 10.0 Å². The Hall–Kier alpha value is -1.33. The van der Waals surface area contributed by atoms with Crippen LogP contribution in [0.2, 0.25) is 0 Å². The second kappa shape index (κ2) is 5.39. The molecular weight excluding hydrogens is 362 g/mol. The minimum atomic E-state index is -3.56. The predicted octanol–water partition coefficient (Wildman–Crippen LogP) is 4.21. The van der Waals surface area contributed by atoms with Crippen molar-refractivity contribution in [2.45, 2.75) is 38.1 Å². The summed E-state index contributed by atoms with van der Waals surface area (Å²) >= 11 is 3.46. The van der Waals surface area contributed by atoms with Gasteiger partial charge in [0.1, 0.15) is 0 Å². The molecule has 0 amide bonds. The van der Waals surface area contributed by atoms with Crippen LogP contribution in [0.3, 0.4) is 0 Å². The molecular formula is C17H18BrNO2S. The van der Waals surface area contributed by atoms with Gasteiger partial charge in [-0.25, -0.2) is 8.42 Å². The van der Waals surface area contributed by atoms with E-state index in [1.807, 2.05) is 51.1 Å². The predicted molar refractivity (Wildman–Crippen MR) is 92.9 cm³/mol. The van der Waals surface area contributed by atoms with E-state index in [9.17, 15) is 8.42 Å². The standard InChI is InChI=1S/C17H18BrNO2S/c1-11-9-17(12(2)8-15(11)18)22(20,21)19-13(3)10-14-6-4-5-7-16(14)19/h4-9,13H,10H2,1-3H3/t13-/m1/s1. The number of hydrogen-bond acceptors (Lipinski definition) is 2. The minimum absolute atomic E-state index is 0.0641. The van der Waals surface area contributed by atoms with Gasteiger partial charge >= 0.3 is 0 Å². The number of benzene rings is 2. The number of sulfonamides is 1. The zero-order valence-corrected chi connectivity index (χ0v) is 15.2.